The maximum Gasteiger partial charge on any atom is 0.340 e. The lowest BCUT2D eigenvalue weighted by atomic mass is 10.1. The summed E-state index contributed by atoms with van der Waals surface area (Å²) >= 11 is 0. The molecule has 2 aromatic rings. The highest BCUT2D eigenvalue weighted by molar-refractivity contribution is 5.97. The van der Waals surface area contributed by atoms with Gasteiger partial charge in [0.15, 0.2) is 0 Å². The molecule has 0 unspecified atom stereocenters. The van der Waals surface area contributed by atoms with Crippen LogP contribution in [0.5, 0.6) is 0 Å². The van der Waals surface area contributed by atoms with Crippen LogP contribution in [0.3, 0.4) is 0 Å². The molecule has 0 bridgehead atoms. The SMILES string of the molecule is CCc1nn(C)cc1Nc1cc(C)c(N)c(C(=O)OC)c1. The number of aromatic nitrogens is 2. The molecule has 0 aliphatic heterocycles. The molecule has 0 amide bonds. The summed E-state index contributed by atoms with van der Waals surface area (Å²) in [6.07, 6.45) is 2.73. The summed E-state index contributed by atoms with van der Waals surface area (Å²) in [4.78, 5) is 11.8. The standard InChI is InChI=1S/C15H20N4O2/c1-5-12-13(8-19(3)18-12)17-10-6-9(2)14(16)11(7-10)15(20)21-4/h6-8,17H,5,16H2,1-4H3. The van der Waals surface area contributed by atoms with Crippen LogP contribution in [-0.4, -0.2) is 22.9 Å². The lowest BCUT2D eigenvalue weighted by Crippen LogP contribution is -2.08. The smallest absolute Gasteiger partial charge is 0.340 e. The molecular weight excluding hydrogens is 268 g/mol. The van der Waals surface area contributed by atoms with Crippen LogP contribution in [0.1, 0.15) is 28.5 Å². The Balaban J connectivity index is 2.40. The van der Waals surface area contributed by atoms with Gasteiger partial charge >= 0.3 is 5.97 Å². The van der Waals surface area contributed by atoms with Crippen molar-refractivity contribution in [3.63, 3.8) is 0 Å². The molecule has 0 saturated heterocycles. The van der Waals surface area contributed by atoms with E-state index in [1.165, 1.54) is 7.11 Å². The van der Waals surface area contributed by atoms with Gasteiger partial charge in [-0.2, -0.15) is 5.10 Å². The van der Waals surface area contributed by atoms with Crippen molar-refractivity contribution in [2.45, 2.75) is 20.3 Å². The summed E-state index contributed by atoms with van der Waals surface area (Å²) in [6.45, 7) is 3.90. The van der Waals surface area contributed by atoms with E-state index in [2.05, 4.69) is 10.4 Å². The van der Waals surface area contributed by atoms with E-state index in [0.29, 0.717) is 11.3 Å². The summed E-state index contributed by atoms with van der Waals surface area (Å²) in [6, 6.07) is 3.59. The molecular formula is C15H20N4O2. The minimum Gasteiger partial charge on any atom is -0.465 e. The lowest BCUT2D eigenvalue weighted by Gasteiger charge is -2.12. The number of benzene rings is 1. The van der Waals surface area contributed by atoms with Gasteiger partial charge in [0.1, 0.15) is 0 Å². The highest BCUT2D eigenvalue weighted by Gasteiger charge is 2.14. The van der Waals surface area contributed by atoms with E-state index in [4.69, 9.17) is 10.5 Å². The number of methoxy groups -OCH3 is 1. The molecule has 0 fully saturated rings. The molecule has 0 aliphatic carbocycles. The Hall–Kier alpha value is -2.50. The second-order valence-electron chi connectivity index (χ2n) is 4.89. The number of hydrogen-bond acceptors (Lipinski definition) is 5. The zero-order chi connectivity index (χ0) is 15.6. The Labute approximate surface area is 123 Å². The lowest BCUT2D eigenvalue weighted by molar-refractivity contribution is 0.0602. The first-order valence-electron chi connectivity index (χ1n) is 6.74. The van der Waals surface area contributed by atoms with Gasteiger partial charge in [-0.15, -0.1) is 0 Å². The van der Waals surface area contributed by atoms with Crippen molar-refractivity contribution in [1.29, 1.82) is 0 Å². The third-order valence-electron chi connectivity index (χ3n) is 3.31. The van der Waals surface area contributed by atoms with Gasteiger partial charge in [-0.1, -0.05) is 6.92 Å². The molecule has 112 valence electrons. The van der Waals surface area contributed by atoms with E-state index < -0.39 is 5.97 Å². The van der Waals surface area contributed by atoms with Crippen LogP contribution in [0, 0.1) is 6.92 Å². The highest BCUT2D eigenvalue weighted by Crippen LogP contribution is 2.27. The van der Waals surface area contributed by atoms with Crippen molar-refractivity contribution < 1.29 is 9.53 Å². The molecule has 0 atom stereocenters. The van der Waals surface area contributed by atoms with Crippen LogP contribution < -0.4 is 11.1 Å². The minimum absolute atomic E-state index is 0.363. The largest absolute Gasteiger partial charge is 0.465 e. The topological polar surface area (TPSA) is 82.2 Å². The summed E-state index contributed by atoms with van der Waals surface area (Å²) < 4.78 is 6.52. The number of anilines is 3. The minimum atomic E-state index is -0.443. The van der Waals surface area contributed by atoms with Gasteiger partial charge in [-0.25, -0.2) is 4.79 Å². The third-order valence-corrected chi connectivity index (χ3v) is 3.31. The zero-order valence-corrected chi connectivity index (χ0v) is 12.7. The maximum atomic E-state index is 11.8. The molecule has 1 aromatic carbocycles. The molecule has 2 rings (SSSR count). The molecule has 0 saturated carbocycles. The van der Waals surface area contributed by atoms with Gasteiger partial charge in [0, 0.05) is 24.6 Å². The Bertz CT molecular complexity index is 677. The molecule has 0 spiro atoms. The van der Waals surface area contributed by atoms with Gasteiger partial charge in [-0.05, 0) is 31.0 Å². The summed E-state index contributed by atoms with van der Waals surface area (Å²) in [5, 5.41) is 7.66. The zero-order valence-electron chi connectivity index (χ0n) is 12.7. The number of nitrogens with one attached hydrogen (secondary N) is 1. The van der Waals surface area contributed by atoms with Gasteiger partial charge < -0.3 is 15.8 Å². The molecule has 1 aromatic heterocycles. The number of nitrogen functional groups attached to an aromatic ring is 1. The number of rotatable bonds is 4. The highest BCUT2D eigenvalue weighted by atomic mass is 16.5. The van der Waals surface area contributed by atoms with Crippen molar-refractivity contribution in [2.75, 3.05) is 18.2 Å². The van der Waals surface area contributed by atoms with Crippen molar-refractivity contribution in [3.8, 4) is 0 Å². The molecule has 6 nitrogen and oxygen atoms in total. The number of nitrogens with zero attached hydrogens (tertiary/aromatic N) is 2. The predicted molar refractivity (Wildman–Crippen MR) is 82.8 cm³/mol. The Kier molecular flexibility index (Phi) is 4.16. The fourth-order valence-corrected chi connectivity index (χ4v) is 2.20. The van der Waals surface area contributed by atoms with Gasteiger partial charge in [0.05, 0.1) is 24.1 Å². The van der Waals surface area contributed by atoms with E-state index in [9.17, 15) is 4.79 Å². The van der Waals surface area contributed by atoms with Crippen LogP contribution in [0.15, 0.2) is 18.3 Å². The Morgan fingerprint density at radius 1 is 1.48 bits per heavy atom. The molecule has 0 radical (unpaired) electrons. The average Bonchev–Trinajstić information content (AvgIpc) is 2.81. The number of ether oxygens (including phenoxy) is 1. The predicted octanol–water partition coefficient (Wildman–Crippen LogP) is 2.40. The quantitative estimate of drug-likeness (QED) is 0.667. The monoisotopic (exact) mass is 288 g/mol. The summed E-state index contributed by atoms with van der Waals surface area (Å²) in [5.41, 5.74) is 10.2. The second-order valence-corrected chi connectivity index (χ2v) is 4.89. The van der Waals surface area contributed by atoms with E-state index in [1.807, 2.05) is 33.2 Å². The molecule has 0 aliphatic rings. The molecule has 21 heavy (non-hydrogen) atoms. The van der Waals surface area contributed by atoms with Crippen molar-refractivity contribution in [3.05, 3.63) is 35.2 Å². The number of hydrogen-bond donors (Lipinski definition) is 2. The number of carbonyl (C=O) groups is 1. The van der Waals surface area contributed by atoms with Gasteiger partial charge in [-0.3, -0.25) is 4.68 Å². The fourth-order valence-electron chi connectivity index (χ4n) is 2.20. The number of nitrogens with two attached hydrogens (primary N) is 1. The number of carbonyl (C=O) groups excluding carboxylic acids is 1. The van der Waals surface area contributed by atoms with E-state index in [-0.39, 0.29) is 0 Å². The average molecular weight is 288 g/mol. The number of aryl methyl sites for hydroxylation is 3. The third kappa shape index (κ3) is 2.99. The van der Waals surface area contributed by atoms with Crippen LogP contribution >= 0.6 is 0 Å². The fraction of sp³-hybridized carbons (Fsp3) is 0.333. The molecule has 1 heterocycles. The number of esters is 1. The summed E-state index contributed by atoms with van der Waals surface area (Å²) in [5.74, 6) is -0.443. The normalized spacial score (nSPS) is 10.5. The van der Waals surface area contributed by atoms with Crippen molar-refractivity contribution >= 4 is 23.0 Å². The van der Waals surface area contributed by atoms with E-state index in [1.54, 1.807) is 10.7 Å². The second kappa shape index (κ2) is 5.87. The first kappa shape index (κ1) is 14.9. The van der Waals surface area contributed by atoms with Crippen LogP contribution in [0.2, 0.25) is 0 Å². The first-order chi connectivity index (χ1) is 9.96. The van der Waals surface area contributed by atoms with E-state index >= 15 is 0 Å². The summed E-state index contributed by atoms with van der Waals surface area (Å²) in [7, 11) is 3.21. The molecule has 3 N–H and O–H groups in total. The van der Waals surface area contributed by atoms with Crippen LogP contribution in [-0.2, 0) is 18.2 Å². The first-order valence-corrected chi connectivity index (χ1v) is 6.74. The van der Waals surface area contributed by atoms with Gasteiger partial charge in [0.25, 0.3) is 0 Å². The van der Waals surface area contributed by atoms with Crippen LogP contribution in [0.4, 0.5) is 17.1 Å². The Morgan fingerprint density at radius 3 is 2.81 bits per heavy atom. The van der Waals surface area contributed by atoms with E-state index in [0.717, 1.165) is 29.1 Å². The maximum absolute atomic E-state index is 11.8. The van der Waals surface area contributed by atoms with Gasteiger partial charge in [0.2, 0.25) is 0 Å². The Morgan fingerprint density at radius 2 is 2.19 bits per heavy atom. The van der Waals surface area contributed by atoms with Crippen molar-refractivity contribution in [1.82, 2.24) is 9.78 Å². The van der Waals surface area contributed by atoms with Crippen LogP contribution in [0.25, 0.3) is 0 Å². The van der Waals surface area contributed by atoms with Crippen molar-refractivity contribution in [2.24, 2.45) is 7.05 Å². The molecule has 6 heteroatoms.